The minimum absolute atomic E-state index is 0.922. The predicted octanol–water partition coefficient (Wildman–Crippen LogP) is 2.82. The molecule has 0 amide bonds. The molecular formula is C13H14N2. The molecule has 0 spiro atoms. The van der Waals surface area contributed by atoms with Crippen LogP contribution >= 0.6 is 0 Å². The van der Waals surface area contributed by atoms with E-state index in [-0.39, 0.29) is 0 Å². The van der Waals surface area contributed by atoms with Gasteiger partial charge in [0.1, 0.15) is 0 Å². The van der Waals surface area contributed by atoms with Gasteiger partial charge in [0.05, 0.1) is 5.69 Å². The van der Waals surface area contributed by atoms with Gasteiger partial charge in [0.25, 0.3) is 0 Å². The normalized spacial score (nSPS) is 10.2. The van der Waals surface area contributed by atoms with Gasteiger partial charge in [-0.3, -0.25) is 4.68 Å². The molecule has 0 aliphatic carbocycles. The van der Waals surface area contributed by atoms with E-state index in [1.807, 2.05) is 30.1 Å². The van der Waals surface area contributed by atoms with Crippen molar-refractivity contribution >= 4 is 0 Å². The summed E-state index contributed by atoms with van der Waals surface area (Å²) in [5.74, 6) is 0. The van der Waals surface area contributed by atoms with Crippen molar-refractivity contribution in [2.75, 3.05) is 0 Å². The first-order valence-electron chi connectivity index (χ1n) is 4.99. The van der Waals surface area contributed by atoms with Crippen LogP contribution in [-0.2, 0) is 13.5 Å². The topological polar surface area (TPSA) is 17.8 Å². The molecule has 0 aliphatic heterocycles. The van der Waals surface area contributed by atoms with E-state index in [4.69, 9.17) is 0 Å². The maximum absolute atomic E-state index is 4.15. The number of allylic oxidation sites excluding steroid dienone is 1. The van der Waals surface area contributed by atoms with Gasteiger partial charge in [-0.05, 0) is 23.6 Å². The summed E-state index contributed by atoms with van der Waals surface area (Å²) >= 11 is 0. The van der Waals surface area contributed by atoms with Crippen molar-refractivity contribution in [3.63, 3.8) is 0 Å². The molecule has 2 aromatic rings. The van der Waals surface area contributed by atoms with E-state index in [1.165, 1.54) is 11.1 Å². The highest BCUT2D eigenvalue weighted by Crippen LogP contribution is 2.18. The number of benzene rings is 1. The Morgan fingerprint density at radius 1 is 1.27 bits per heavy atom. The molecule has 2 rings (SSSR count). The SMILES string of the molecule is C=CCc1ccc(-c2ccnn2C)cc1. The third-order valence-electron chi connectivity index (χ3n) is 2.45. The molecule has 0 fully saturated rings. The van der Waals surface area contributed by atoms with Crippen LogP contribution in [-0.4, -0.2) is 9.78 Å². The summed E-state index contributed by atoms with van der Waals surface area (Å²) in [7, 11) is 1.95. The maximum atomic E-state index is 4.15. The smallest absolute Gasteiger partial charge is 0.0678 e. The highest BCUT2D eigenvalue weighted by atomic mass is 15.2. The van der Waals surface area contributed by atoms with Crippen molar-refractivity contribution < 1.29 is 0 Å². The van der Waals surface area contributed by atoms with Crippen LogP contribution in [0.25, 0.3) is 11.3 Å². The van der Waals surface area contributed by atoms with Crippen LogP contribution in [0.1, 0.15) is 5.56 Å². The number of hydrogen-bond acceptors (Lipinski definition) is 1. The largest absolute Gasteiger partial charge is 0.268 e. The lowest BCUT2D eigenvalue weighted by Gasteiger charge is -2.03. The predicted molar refractivity (Wildman–Crippen MR) is 62.5 cm³/mol. The minimum Gasteiger partial charge on any atom is -0.268 e. The molecule has 2 heteroatoms. The highest BCUT2D eigenvalue weighted by molar-refractivity contribution is 5.59. The second-order valence-electron chi connectivity index (χ2n) is 3.53. The standard InChI is InChI=1S/C13H14N2/c1-3-4-11-5-7-12(8-6-11)13-9-10-14-15(13)2/h3,5-10H,1,4H2,2H3. The van der Waals surface area contributed by atoms with Gasteiger partial charge in [-0.15, -0.1) is 6.58 Å². The van der Waals surface area contributed by atoms with Crippen LogP contribution in [0.2, 0.25) is 0 Å². The zero-order chi connectivity index (χ0) is 10.7. The Kier molecular flexibility index (Phi) is 2.68. The summed E-state index contributed by atoms with van der Waals surface area (Å²) < 4.78 is 1.88. The third kappa shape index (κ3) is 1.99. The Hall–Kier alpha value is -1.83. The fourth-order valence-electron chi connectivity index (χ4n) is 1.64. The summed E-state index contributed by atoms with van der Waals surface area (Å²) in [5, 5.41) is 4.15. The second kappa shape index (κ2) is 4.13. The van der Waals surface area contributed by atoms with Crippen LogP contribution in [0.5, 0.6) is 0 Å². The van der Waals surface area contributed by atoms with E-state index < -0.39 is 0 Å². The van der Waals surface area contributed by atoms with Crippen LogP contribution in [0.4, 0.5) is 0 Å². The van der Waals surface area contributed by atoms with E-state index in [0.717, 1.165) is 12.1 Å². The van der Waals surface area contributed by atoms with Crippen molar-refractivity contribution in [2.24, 2.45) is 7.05 Å². The Morgan fingerprint density at radius 2 is 2.00 bits per heavy atom. The molecule has 0 saturated heterocycles. The van der Waals surface area contributed by atoms with E-state index in [9.17, 15) is 0 Å². The summed E-state index contributed by atoms with van der Waals surface area (Å²) in [6, 6.07) is 10.5. The van der Waals surface area contributed by atoms with Crippen molar-refractivity contribution in [2.45, 2.75) is 6.42 Å². The van der Waals surface area contributed by atoms with Gasteiger partial charge in [0.2, 0.25) is 0 Å². The number of rotatable bonds is 3. The molecule has 0 unspecified atom stereocenters. The fourth-order valence-corrected chi connectivity index (χ4v) is 1.64. The van der Waals surface area contributed by atoms with Crippen LogP contribution in [0, 0.1) is 0 Å². The molecular weight excluding hydrogens is 184 g/mol. The lowest BCUT2D eigenvalue weighted by molar-refractivity contribution is 0.776. The Morgan fingerprint density at radius 3 is 2.53 bits per heavy atom. The number of aromatic nitrogens is 2. The van der Waals surface area contributed by atoms with Crippen LogP contribution in [0.15, 0.2) is 49.2 Å². The number of nitrogens with zero attached hydrogens (tertiary/aromatic N) is 2. The first kappa shape index (κ1) is 9.71. The number of aryl methyl sites for hydroxylation is 1. The van der Waals surface area contributed by atoms with Gasteiger partial charge in [-0.2, -0.15) is 5.10 Å². The molecule has 0 aliphatic rings. The summed E-state index contributed by atoms with van der Waals surface area (Å²) in [5.41, 5.74) is 3.62. The molecule has 0 N–H and O–H groups in total. The average Bonchev–Trinajstić information content (AvgIpc) is 2.66. The van der Waals surface area contributed by atoms with Gasteiger partial charge >= 0.3 is 0 Å². The Labute approximate surface area is 89.9 Å². The zero-order valence-electron chi connectivity index (χ0n) is 8.85. The quantitative estimate of drug-likeness (QED) is 0.693. The highest BCUT2D eigenvalue weighted by Gasteiger charge is 2.01. The lowest BCUT2D eigenvalue weighted by atomic mass is 10.1. The third-order valence-corrected chi connectivity index (χ3v) is 2.45. The van der Waals surface area contributed by atoms with Crippen molar-refractivity contribution in [3.05, 3.63) is 54.7 Å². The minimum atomic E-state index is 0.922. The molecule has 0 bridgehead atoms. The van der Waals surface area contributed by atoms with Crippen LogP contribution < -0.4 is 0 Å². The van der Waals surface area contributed by atoms with Crippen LogP contribution in [0.3, 0.4) is 0 Å². The maximum Gasteiger partial charge on any atom is 0.0678 e. The fraction of sp³-hybridized carbons (Fsp3) is 0.154. The zero-order valence-corrected chi connectivity index (χ0v) is 8.85. The molecule has 0 saturated carbocycles. The number of hydrogen-bond donors (Lipinski definition) is 0. The van der Waals surface area contributed by atoms with Gasteiger partial charge in [-0.25, -0.2) is 0 Å². The van der Waals surface area contributed by atoms with Crippen molar-refractivity contribution in [1.29, 1.82) is 0 Å². The Bertz CT molecular complexity index is 452. The van der Waals surface area contributed by atoms with Gasteiger partial charge in [-0.1, -0.05) is 30.3 Å². The first-order chi connectivity index (χ1) is 7.31. The van der Waals surface area contributed by atoms with Gasteiger partial charge in [0, 0.05) is 13.2 Å². The molecule has 0 radical (unpaired) electrons. The van der Waals surface area contributed by atoms with E-state index in [2.05, 4.69) is 35.9 Å². The molecule has 1 heterocycles. The molecule has 1 aromatic heterocycles. The summed E-state index contributed by atoms with van der Waals surface area (Å²) in [6.07, 6.45) is 4.65. The second-order valence-corrected chi connectivity index (χ2v) is 3.53. The Balaban J connectivity index is 2.31. The summed E-state index contributed by atoms with van der Waals surface area (Å²) in [4.78, 5) is 0. The molecule has 0 atom stereocenters. The monoisotopic (exact) mass is 198 g/mol. The first-order valence-corrected chi connectivity index (χ1v) is 4.99. The molecule has 1 aromatic carbocycles. The summed E-state index contributed by atoms with van der Waals surface area (Å²) in [6.45, 7) is 3.73. The average molecular weight is 198 g/mol. The van der Waals surface area contributed by atoms with Gasteiger partial charge < -0.3 is 0 Å². The van der Waals surface area contributed by atoms with Crippen molar-refractivity contribution in [1.82, 2.24) is 9.78 Å². The van der Waals surface area contributed by atoms with Crippen molar-refractivity contribution in [3.8, 4) is 11.3 Å². The van der Waals surface area contributed by atoms with E-state index in [0.29, 0.717) is 0 Å². The van der Waals surface area contributed by atoms with E-state index >= 15 is 0 Å². The molecule has 76 valence electrons. The van der Waals surface area contributed by atoms with E-state index in [1.54, 1.807) is 0 Å². The molecule has 15 heavy (non-hydrogen) atoms. The lowest BCUT2D eigenvalue weighted by Crippen LogP contribution is -1.93. The molecule has 2 nitrogen and oxygen atoms in total. The van der Waals surface area contributed by atoms with Gasteiger partial charge in [0.15, 0.2) is 0 Å².